The number of hydrogen-bond donors (Lipinski definition) is 0. The number of amides is 1. The lowest BCUT2D eigenvalue weighted by atomic mass is 10.1. The van der Waals surface area contributed by atoms with Crippen molar-refractivity contribution in [3.05, 3.63) is 51.5 Å². The zero-order chi connectivity index (χ0) is 40.9. The Labute approximate surface area is 340 Å². The van der Waals surface area contributed by atoms with Crippen LogP contribution >= 0.6 is 15.9 Å². The van der Waals surface area contributed by atoms with Crippen molar-refractivity contribution in [3.8, 4) is 23.2 Å². The van der Waals surface area contributed by atoms with Crippen LogP contribution < -0.4 is 14.4 Å². The molecule has 9 nitrogen and oxygen atoms in total. The molecule has 2 aliphatic heterocycles. The van der Waals surface area contributed by atoms with E-state index in [4.69, 9.17) is 28.9 Å². The molecule has 1 unspecified atom stereocenters. The molecule has 1 aromatic heterocycles. The van der Waals surface area contributed by atoms with Crippen molar-refractivity contribution in [2.24, 2.45) is 0 Å². The van der Waals surface area contributed by atoms with E-state index in [0.29, 0.717) is 62.2 Å². The summed E-state index contributed by atoms with van der Waals surface area (Å²) in [6, 6.07) is 9.78. The van der Waals surface area contributed by atoms with Crippen molar-refractivity contribution in [1.82, 2.24) is 14.9 Å². The molecule has 6 rings (SSSR count). The number of alkyl halides is 2. The largest absolute Gasteiger partial charge is 0.485 e. The normalized spacial score (nSPS) is 20.8. The predicted octanol–water partition coefficient (Wildman–Crippen LogP) is 10.3. The van der Waals surface area contributed by atoms with Gasteiger partial charge in [-0.25, -0.2) is 13.6 Å². The summed E-state index contributed by atoms with van der Waals surface area (Å²) in [6.45, 7) is 22.6. The molecule has 0 spiro atoms. The summed E-state index contributed by atoms with van der Waals surface area (Å²) in [4.78, 5) is 26.7. The molecule has 3 fully saturated rings. The Kier molecular flexibility index (Phi) is 12.1. The van der Waals surface area contributed by atoms with Crippen molar-refractivity contribution < 1.29 is 32.5 Å². The fourth-order valence-electron chi connectivity index (χ4n) is 8.60. The van der Waals surface area contributed by atoms with Crippen LogP contribution in [0.1, 0.15) is 105 Å². The van der Waals surface area contributed by atoms with Crippen molar-refractivity contribution in [2.75, 3.05) is 31.7 Å². The monoisotopic (exact) mass is 854 g/mol. The highest BCUT2D eigenvalue weighted by molar-refractivity contribution is 9.10. The minimum Gasteiger partial charge on any atom is -0.485 e. The average Bonchev–Trinajstić information content (AvgIpc) is 3.39. The van der Waals surface area contributed by atoms with Crippen molar-refractivity contribution in [2.45, 2.75) is 141 Å². The predicted molar refractivity (Wildman–Crippen MR) is 223 cm³/mol. The summed E-state index contributed by atoms with van der Waals surface area (Å²) in [6.07, 6.45) is -0.0914. The summed E-state index contributed by atoms with van der Waals surface area (Å²) in [7, 11) is -0.287. The number of piperazine rings is 1. The quantitative estimate of drug-likeness (QED) is 0.132. The zero-order valence-corrected chi connectivity index (χ0v) is 37.2. The molecule has 304 valence electrons. The number of aromatic nitrogens is 2. The molecular weight excluding hydrogens is 798 g/mol. The average molecular weight is 856 g/mol. The van der Waals surface area contributed by atoms with Crippen LogP contribution in [-0.4, -0.2) is 85.6 Å². The first-order chi connectivity index (χ1) is 26.2. The number of carbonyl (C=O) groups excluding carboxylic acids is 1. The van der Waals surface area contributed by atoms with Crippen molar-refractivity contribution in [3.63, 3.8) is 0 Å². The van der Waals surface area contributed by atoms with Gasteiger partial charge in [-0.05, 0) is 96.0 Å². The van der Waals surface area contributed by atoms with E-state index < -0.39 is 25.5 Å². The van der Waals surface area contributed by atoms with Gasteiger partial charge in [-0.1, -0.05) is 59.6 Å². The van der Waals surface area contributed by atoms with Gasteiger partial charge in [-0.3, -0.25) is 0 Å². The van der Waals surface area contributed by atoms with E-state index >= 15 is 0 Å². The molecule has 2 bridgehead atoms. The smallest absolute Gasteiger partial charge is 0.410 e. The molecule has 4 atom stereocenters. The number of fused-ring (bicyclic) bond motifs is 3. The number of likely N-dealkylation sites (tertiary alicyclic amines) is 1. The Morgan fingerprint density at radius 1 is 1.00 bits per heavy atom. The Hall–Kier alpha value is -3.47. The summed E-state index contributed by atoms with van der Waals surface area (Å²) >= 11 is 3.67. The van der Waals surface area contributed by atoms with Gasteiger partial charge >= 0.3 is 12.1 Å². The molecule has 3 aromatic rings. The number of carbonyl (C=O) groups is 1. The summed E-state index contributed by atoms with van der Waals surface area (Å²) in [5, 5.41) is 0.586. The molecule has 0 radical (unpaired) electrons. The third-order valence-electron chi connectivity index (χ3n) is 11.7. The molecule has 56 heavy (non-hydrogen) atoms. The third-order valence-corrected chi connectivity index (χ3v) is 18.8. The van der Waals surface area contributed by atoms with Crippen LogP contribution in [0.4, 0.5) is 19.4 Å². The van der Waals surface area contributed by atoms with Gasteiger partial charge in [-0.2, -0.15) is 9.97 Å². The third kappa shape index (κ3) is 8.53. The number of benzene rings is 2. The molecule has 13 heteroatoms. The van der Waals surface area contributed by atoms with Crippen LogP contribution in [-0.2, 0) is 16.1 Å². The summed E-state index contributed by atoms with van der Waals surface area (Å²) in [5.74, 6) is 0.617. The molecule has 1 saturated carbocycles. The minimum atomic E-state index is -2.83. The molecular formula is C43H57BrF2N4O5Si. The molecule has 0 N–H and O–H groups in total. The Bertz CT molecular complexity index is 1970. The molecule has 3 aliphatic rings. The van der Waals surface area contributed by atoms with Crippen molar-refractivity contribution in [1.29, 1.82) is 0 Å². The Morgan fingerprint density at radius 3 is 2.18 bits per heavy atom. The number of anilines is 1. The van der Waals surface area contributed by atoms with Crippen molar-refractivity contribution >= 4 is 46.8 Å². The lowest BCUT2D eigenvalue weighted by molar-refractivity contribution is 0.0214. The minimum absolute atomic E-state index is 0.0637. The van der Waals surface area contributed by atoms with Gasteiger partial charge in [0.15, 0.2) is 5.75 Å². The lowest BCUT2D eigenvalue weighted by Crippen LogP contribution is -2.50. The van der Waals surface area contributed by atoms with Gasteiger partial charge in [0.05, 0.1) is 28.6 Å². The SMILES string of the molecule is CO[C@@H](C)COc1nc(N2C[C@@H]3C[C@H]2CN3C(=O)OC(C)(C)C)c2cc(C3CC3(F)F)c(Br)c(OCc3ccc(C#C[Si](C(C)C)(C(C)C)C(C)C)cc3)c2n1. The highest BCUT2D eigenvalue weighted by atomic mass is 79.9. The second-order valence-electron chi connectivity index (χ2n) is 17.7. The molecule has 3 heterocycles. The number of ether oxygens (including phenoxy) is 4. The van der Waals surface area contributed by atoms with Gasteiger partial charge in [0, 0.05) is 37.6 Å². The first-order valence-corrected chi connectivity index (χ1v) is 22.9. The number of hydrogen-bond acceptors (Lipinski definition) is 8. The summed E-state index contributed by atoms with van der Waals surface area (Å²) in [5.41, 5.74) is 7.53. The Morgan fingerprint density at radius 2 is 1.64 bits per heavy atom. The maximum atomic E-state index is 14.8. The van der Waals surface area contributed by atoms with Gasteiger partial charge < -0.3 is 28.7 Å². The van der Waals surface area contributed by atoms with Crippen LogP contribution in [0.25, 0.3) is 10.9 Å². The van der Waals surface area contributed by atoms with Crippen LogP contribution in [0.5, 0.6) is 11.8 Å². The topological polar surface area (TPSA) is 86.3 Å². The summed E-state index contributed by atoms with van der Waals surface area (Å²) < 4.78 is 53.8. The number of rotatable bonds is 12. The number of methoxy groups -OCH3 is 1. The Balaban J connectivity index is 1.36. The standard InChI is InChI=1S/C43H57BrF2N4O5Si/c1-25(2)56(26(3)4,27(5)6)17-16-29-12-14-30(15-13-29)24-53-38-36(44)33(35-20-43(35,45)46)19-34-37(38)47-40(54-23-28(7)52-11)48-39(34)49-21-32-18-31(49)22-50(32)41(51)55-42(8,9)10/h12-15,19,25-28,31-32,35H,18,20-24H2,1-11H3/t28-,31-,32-,35?/m0/s1. The van der Waals surface area contributed by atoms with E-state index in [1.165, 1.54) is 0 Å². The maximum absolute atomic E-state index is 14.8. The van der Waals surface area contributed by atoms with Gasteiger partial charge in [0.25, 0.3) is 5.92 Å². The number of halogens is 3. The zero-order valence-electron chi connectivity index (χ0n) is 34.6. The molecule has 2 aromatic carbocycles. The number of nitrogens with zero attached hydrogens (tertiary/aromatic N) is 4. The highest BCUT2D eigenvalue weighted by Crippen LogP contribution is 2.59. The van der Waals surface area contributed by atoms with Crippen LogP contribution in [0.2, 0.25) is 16.6 Å². The van der Waals surface area contributed by atoms with E-state index in [2.05, 4.69) is 73.8 Å². The van der Waals surface area contributed by atoms with Crippen LogP contribution in [0, 0.1) is 11.5 Å². The van der Waals surface area contributed by atoms with E-state index in [-0.39, 0.29) is 49.9 Å². The molecule has 1 aliphatic carbocycles. The molecule has 1 amide bonds. The lowest BCUT2D eigenvalue weighted by Gasteiger charge is -2.38. The van der Waals surface area contributed by atoms with Crippen LogP contribution in [0.3, 0.4) is 0 Å². The fraction of sp³-hybridized carbons (Fsp3) is 0.605. The van der Waals surface area contributed by atoms with E-state index in [1.807, 2.05) is 52.0 Å². The van der Waals surface area contributed by atoms with E-state index in [0.717, 1.165) is 17.5 Å². The highest BCUT2D eigenvalue weighted by Gasteiger charge is 2.58. The van der Waals surface area contributed by atoms with E-state index in [9.17, 15) is 13.6 Å². The fourth-order valence-corrected chi connectivity index (χ4v) is 14.5. The van der Waals surface area contributed by atoms with Gasteiger partial charge in [-0.15, -0.1) is 5.54 Å². The second kappa shape index (κ2) is 16.1. The second-order valence-corrected chi connectivity index (χ2v) is 24.0. The first-order valence-electron chi connectivity index (χ1n) is 19.8. The maximum Gasteiger partial charge on any atom is 0.410 e. The van der Waals surface area contributed by atoms with Gasteiger partial charge in [0.1, 0.15) is 38.2 Å². The van der Waals surface area contributed by atoms with E-state index in [1.54, 1.807) is 18.1 Å². The molecule has 2 saturated heterocycles. The van der Waals surface area contributed by atoms with Gasteiger partial charge in [0.2, 0.25) is 0 Å². The first kappa shape index (κ1) is 42.1. The van der Waals surface area contributed by atoms with Crippen LogP contribution in [0.15, 0.2) is 34.8 Å².